The van der Waals surface area contributed by atoms with E-state index in [1.165, 1.54) is 6.54 Å². The zero-order chi connectivity index (χ0) is 21.7. The first-order valence-electron chi connectivity index (χ1n) is 11.4. The van der Waals surface area contributed by atoms with E-state index in [0.717, 1.165) is 31.8 Å². The molecule has 0 aromatic heterocycles. The number of rotatable bonds is 21. The molecule has 1 aliphatic heterocycles. The molecule has 8 heteroatoms. The van der Waals surface area contributed by atoms with Gasteiger partial charge < -0.3 is 38.1 Å². The molecule has 0 atom stereocenters. The van der Waals surface area contributed by atoms with Crippen molar-refractivity contribution in [1.82, 2.24) is 4.90 Å². The summed E-state index contributed by atoms with van der Waals surface area (Å²) < 4.78 is 38.0. The topological polar surface area (TPSA) is 67.9 Å². The molecular weight excluding hydrogens is 390 g/mol. The van der Waals surface area contributed by atoms with Gasteiger partial charge in [0.1, 0.15) is 0 Å². The van der Waals surface area contributed by atoms with E-state index in [2.05, 4.69) is 18.7 Å². The number of ether oxygens (including phenoxy) is 7. The Morgan fingerprint density at radius 2 is 1.03 bits per heavy atom. The smallest absolute Gasteiger partial charge is 0.0704 e. The van der Waals surface area contributed by atoms with E-state index in [0.29, 0.717) is 85.4 Å². The van der Waals surface area contributed by atoms with Crippen molar-refractivity contribution in [1.29, 1.82) is 0 Å². The zero-order valence-electron chi connectivity index (χ0n) is 19.5. The first-order chi connectivity index (χ1) is 14.7. The van der Waals surface area contributed by atoms with Crippen LogP contribution >= 0.6 is 0 Å². The van der Waals surface area contributed by atoms with Gasteiger partial charge in [0, 0.05) is 26.7 Å². The summed E-state index contributed by atoms with van der Waals surface area (Å²) in [6.07, 6.45) is 2.64. The lowest BCUT2D eigenvalue weighted by atomic mass is 10.1. The highest BCUT2D eigenvalue weighted by molar-refractivity contribution is 4.73. The van der Waals surface area contributed by atoms with Crippen molar-refractivity contribution in [2.75, 3.05) is 106 Å². The van der Waals surface area contributed by atoms with Gasteiger partial charge in [-0.2, -0.15) is 0 Å². The van der Waals surface area contributed by atoms with Crippen molar-refractivity contribution in [2.24, 2.45) is 5.92 Å². The van der Waals surface area contributed by atoms with Crippen LogP contribution in [-0.4, -0.2) is 117 Å². The van der Waals surface area contributed by atoms with E-state index < -0.39 is 0 Å². The number of nitrogens with zero attached hydrogens (tertiary/aromatic N) is 1. The van der Waals surface area contributed by atoms with Crippen LogP contribution in [0.5, 0.6) is 0 Å². The van der Waals surface area contributed by atoms with Crippen LogP contribution in [0.3, 0.4) is 0 Å². The Balaban J connectivity index is 1.71. The summed E-state index contributed by atoms with van der Waals surface area (Å²) in [5.41, 5.74) is 0. The van der Waals surface area contributed by atoms with Crippen LogP contribution in [-0.2, 0) is 33.2 Å². The number of likely N-dealkylation sites (tertiary alicyclic amines) is 1. The Kier molecular flexibility index (Phi) is 19.0. The van der Waals surface area contributed by atoms with Crippen LogP contribution in [0.25, 0.3) is 0 Å². The molecule has 0 bridgehead atoms. The third kappa shape index (κ3) is 17.4. The van der Waals surface area contributed by atoms with Gasteiger partial charge in [-0.15, -0.1) is 0 Å². The van der Waals surface area contributed by atoms with Crippen LogP contribution in [0.1, 0.15) is 26.7 Å². The molecule has 0 radical (unpaired) electrons. The van der Waals surface area contributed by atoms with Gasteiger partial charge in [0.2, 0.25) is 0 Å². The normalized spacial score (nSPS) is 16.0. The summed E-state index contributed by atoms with van der Waals surface area (Å²) in [5, 5.41) is 0. The van der Waals surface area contributed by atoms with Gasteiger partial charge in [0.15, 0.2) is 0 Å². The van der Waals surface area contributed by atoms with E-state index in [9.17, 15) is 0 Å². The van der Waals surface area contributed by atoms with Gasteiger partial charge in [-0.05, 0) is 18.8 Å². The van der Waals surface area contributed by atoms with E-state index in [1.807, 2.05) is 0 Å². The second-order valence-corrected chi connectivity index (χ2v) is 7.82. The molecular formula is C22H45NO7. The molecule has 0 aromatic rings. The highest BCUT2D eigenvalue weighted by Crippen LogP contribution is 2.14. The van der Waals surface area contributed by atoms with Gasteiger partial charge in [-0.1, -0.05) is 13.8 Å². The SMILES string of the molecule is COCCOCCOCCOCCOCCOCCOC1CCN(CC(C)C)CC1. The van der Waals surface area contributed by atoms with Crippen molar-refractivity contribution in [3.8, 4) is 0 Å². The van der Waals surface area contributed by atoms with Crippen molar-refractivity contribution < 1.29 is 33.2 Å². The zero-order valence-corrected chi connectivity index (χ0v) is 19.5. The molecule has 0 aliphatic carbocycles. The quantitative estimate of drug-likeness (QED) is 0.253. The fraction of sp³-hybridized carbons (Fsp3) is 1.00. The molecule has 1 rings (SSSR count). The maximum Gasteiger partial charge on any atom is 0.0704 e. The third-order valence-electron chi connectivity index (χ3n) is 4.66. The van der Waals surface area contributed by atoms with Crippen LogP contribution in [0.4, 0.5) is 0 Å². The summed E-state index contributed by atoms with van der Waals surface area (Å²) >= 11 is 0. The van der Waals surface area contributed by atoms with Gasteiger partial charge in [0.05, 0.1) is 85.4 Å². The molecule has 0 N–H and O–H groups in total. The Labute approximate surface area is 183 Å². The first kappa shape index (κ1) is 27.7. The lowest BCUT2D eigenvalue weighted by molar-refractivity contribution is -0.0378. The maximum absolute atomic E-state index is 5.92. The highest BCUT2D eigenvalue weighted by Gasteiger charge is 2.19. The molecule has 0 unspecified atom stereocenters. The summed E-state index contributed by atoms with van der Waals surface area (Å²) in [4.78, 5) is 2.54. The number of methoxy groups -OCH3 is 1. The first-order valence-corrected chi connectivity index (χ1v) is 11.4. The molecule has 1 heterocycles. The molecule has 1 aliphatic rings. The minimum Gasteiger partial charge on any atom is -0.382 e. The number of piperidine rings is 1. The average molecular weight is 436 g/mol. The lowest BCUT2D eigenvalue weighted by Crippen LogP contribution is -2.39. The van der Waals surface area contributed by atoms with E-state index in [-0.39, 0.29) is 0 Å². The molecule has 0 amide bonds. The second-order valence-electron chi connectivity index (χ2n) is 7.82. The molecule has 180 valence electrons. The predicted octanol–water partition coefficient (Wildman–Crippen LogP) is 1.85. The summed E-state index contributed by atoms with van der Waals surface area (Å²) in [6, 6.07) is 0. The molecule has 1 saturated heterocycles. The lowest BCUT2D eigenvalue weighted by Gasteiger charge is -2.32. The summed E-state index contributed by atoms with van der Waals surface area (Å²) in [6.45, 7) is 15.1. The number of hydrogen-bond acceptors (Lipinski definition) is 8. The number of hydrogen-bond donors (Lipinski definition) is 0. The third-order valence-corrected chi connectivity index (χ3v) is 4.66. The molecule has 0 spiro atoms. The fourth-order valence-electron chi connectivity index (χ4n) is 3.17. The Morgan fingerprint density at radius 3 is 1.43 bits per heavy atom. The molecule has 0 saturated carbocycles. The summed E-state index contributed by atoms with van der Waals surface area (Å²) in [5.74, 6) is 0.737. The van der Waals surface area contributed by atoms with Crippen LogP contribution in [0, 0.1) is 5.92 Å². The molecule has 0 aromatic carbocycles. The van der Waals surface area contributed by atoms with Crippen LogP contribution in [0.2, 0.25) is 0 Å². The highest BCUT2D eigenvalue weighted by atomic mass is 16.6. The van der Waals surface area contributed by atoms with Crippen molar-refractivity contribution >= 4 is 0 Å². The van der Waals surface area contributed by atoms with Crippen molar-refractivity contribution in [2.45, 2.75) is 32.8 Å². The Bertz CT molecular complexity index is 352. The largest absolute Gasteiger partial charge is 0.382 e. The standard InChI is InChI=1S/C22H45NO7/c1-21(2)20-23-6-4-22(5-7-23)30-19-18-29-17-16-28-15-14-27-13-12-26-11-10-25-9-8-24-3/h21-22H,4-20H2,1-3H3. The Morgan fingerprint density at radius 1 is 0.633 bits per heavy atom. The van der Waals surface area contributed by atoms with Crippen LogP contribution < -0.4 is 0 Å². The molecule has 30 heavy (non-hydrogen) atoms. The van der Waals surface area contributed by atoms with Gasteiger partial charge >= 0.3 is 0 Å². The molecule has 8 nitrogen and oxygen atoms in total. The fourth-order valence-corrected chi connectivity index (χ4v) is 3.17. The maximum atomic E-state index is 5.92. The van der Waals surface area contributed by atoms with Crippen molar-refractivity contribution in [3.05, 3.63) is 0 Å². The summed E-state index contributed by atoms with van der Waals surface area (Å²) in [7, 11) is 1.66. The van der Waals surface area contributed by atoms with Gasteiger partial charge in [-0.3, -0.25) is 0 Å². The van der Waals surface area contributed by atoms with Gasteiger partial charge in [0.25, 0.3) is 0 Å². The second kappa shape index (κ2) is 20.6. The molecule has 1 fully saturated rings. The van der Waals surface area contributed by atoms with Gasteiger partial charge in [-0.25, -0.2) is 0 Å². The van der Waals surface area contributed by atoms with E-state index in [4.69, 9.17) is 33.2 Å². The minimum absolute atomic E-state index is 0.387. The average Bonchev–Trinajstić information content (AvgIpc) is 2.73. The van der Waals surface area contributed by atoms with Crippen LogP contribution in [0.15, 0.2) is 0 Å². The Hall–Kier alpha value is -0.320. The monoisotopic (exact) mass is 435 g/mol. The predicted molar refractivity (Wildman–Crippen MR) is 116 cm³/mol. The van der Waals surface area contributed by atoms with Crippen molar-refractivity contribution in [3.63, 3.8) is 0 Å². The van der Waals surface area contributed by atoms with E-state index in [1.54, 1.807) is 7.11 Å². The minimum atomic E-state index is 0.387. The van der Waals surface area contributed by atoms with E-state index >= 15 is 0 Å².